The van der Waals surface area contributed by atoms with Crippen LogP contribution in [-0.2, 0) is 6.54 Å². The van der Waals surface area contributed by atoms with Gasteiger partial charge in [0.25, 0.3) is 0 Å². The Morgan fingerprint density at radius 3 is 2.33 bits per heavy atom. The molecule has 0 saturated carbocycles. The van der Waals surface area contributed by atoms with Crippen LogP contribution >= 0.6 is 0 Å². The predicted molar refractivity (Wildman–Crippen MR) is 99.3 cm³/mol. The van der Waals surface area contributed by atoms with Crippen molar-refractivity contribution < 1.29 is 4.74 Å². The second-order valence-corrected chi connectivity index (χ2v) is 5.80. The molecule has 0 saturated heterocycles. The SMILES string of the molecule is Cc1ccc(Oc2ccccc2CNNc2ccccc2)cc1C. The second kappa shape index (κ2) is 7.66. The van der Waals surface area contributed by atoms with Crippen LogP contribution in [0.5, 0.6) is 11.5 Å². The van der Waals surface area contributed by atoms with E-state index in [1.54, 1.807) is 0 Å². The standard InChI is InChI=1S/C21H22N2O/c1-16-12-13-20(14-17(16)2)24-21-11-7-6-8-18(21)15-22-23-19-9-4-3-5-10-19/h3-14,22-23H,15H2,1-2H3. The Kier molecular flexibility index (Phi) is 5.14. The van der Waals surface area contributed by atoms with Gasteiger partial charge in [-0.15, -0.1) is 0 Å². The minimum atomic E-state index is 0.663. The molecule has 0 aliphatic carbocycles. The second-order valence-electron chi connectivity index (χ2n) is 5.80. The van der Waals surface area contributed by atoms with Crippen LogP contribution < -0.4 is 15.6 Å². The highest BCUT2D eigenvalue weighted by molar-refractivity contribution is 5.43. The molecule has 3 heteroatoms. The quantitative estimate of drug-likeness (QED) is 0.612. The summed E-state index contributed by atoms with van der Waals surface area (Å²) in [5.74, 6) is 1.73. The number of ether oxygens (including phenoxy) is 1. The van der Waals surface area contributed by atoms with Crippen LogP contribution in [0.2, 0.25) is 0 Å². The lowest BCUT2D eigenvalue weighted by Gasteiger charge is -2.14. The lowest BCUT2D eigenvalue weighted by molar-refractivity contribution is 0.473. The van der Waals surface area contributed by atoms with E-state index in [4.69, 9.17) is 4.74 Å². The Balaban J connectivity index is 1.67. The summed E-state index contributed by atoms with van der Waals surface area (Å²) in [5.41, 5.74) is 11.1. The molecule has 3 aromatic rings. The monoisotopic (exact) mass is 318 g/mol. The third-order valence-electron chi connectivity index (χ3n) is 3.96. The van der Waals surface area contributed by atoms with E-state index in [2.05, 4.69) is 42.9 Å². The summed E-state index contributed by atoms with van der Waals surface area (Å²) in [5, 5.41) is 0. The number of hydrazine groups is 1. The molecule has 2 N–H and O–H groups in total. The fourth-order valence-corrected chi connectivity index (χ4v) is 2.42. The van der Waals surface area contributed by atoms with Gasteiger partial charge in [-0.05, 0) is 55.3 Å². The lowest BCUT2D eigenvalue weighted by atomic mass is 10.1. The number of benzene rings is 3. The Morgan fingerprint density at radius 2 is 1.54 bits per heavy atom. The maximum absolute atomic E-state index is 6.08. The third-order valence-corrected chi connectivity index (χ3v) is 3.96. The molecule has 3 rings (SSSR count). The first kappa shape index (κ1) is 16.1. The number of para-hydroxylation sites is 2. The molecule has 0 bridgehead atoms. The fourth-order valence-electron chi connectivity index (χ4n) is 2.42. The van der Waals surface area contributed by atoms with Crippen LogP contribution in [0.15, 0.2) is 72.8 Å². The molecule has 0 heterocycles. The van der Waals surface area contributed by atoms with Gasteiger partial charge in [-0.3, -0.25) is 0 Å². The zero-order chi connectivity index (χ0) is 16.8. The van der Waals surface area contributed by atoms with Gasteiger partial charge in [0.1, 0.15) is 11.5 Å². The van der Waals surface area contributed by atoms with Gasteiger partial charge < -0.3 is 10.2 Å². The number of anilines is 1. The molecule has 0 radical (unpaired) electrons. The number of hydrogen-bond acceptors (Lipinski definition) is 3. The molecule has 0 amide bonds. The van der Waals surface area contributed by atoms with Gasteiger partial charge in [0, 0.05) is 17.8 Å². The zero-order valence-corrected chi connectivity index (χ0v) is 14.0. The molecule has 0 spiro atoms. The third kappa shape index (κ3) is 4.15. The first-order valence-electron chi connectivity index (χ1n) is 8.09. The van der Waals surface area contributed by atoms with Crippen LogP contribution in [0, 0.1) is 13.8 Å². The van der Waals surface area contributed by atoms with Gasteiger partial charge in [0.2, 0.25) is 0 Å². The molecule has 0 fully saturated rings. The van der Waals surface area contributed by atoms with Crippen molar-refractivity contribution in [3.8, 4) is 11.5 Å². The summed E-state index contributed by atoms with van der Waals surface area (Å²) in [7, 11) is 0. The van der Waals surface area contributed by atoms with E-state index in [1.165, 1.54) is 11.1 Å². The van der Waals surface area contributed by atoms with Crippen LogP contribution in [0.4, 0.5) is 5.69 Å². The molecule has 24 heavy (non-hydrogen) atoms. The predicted octanol–water partition coefficient (Wildman–Crippen LogP) is 5.21. The van der Waals surface area contributed by atoms with E-state index in [0.717, 1.165) is 22.7 Å². The lowest BCUT2D eigenvalue weighted by Crippen LogP contribution is -2.21. The molecule has 0 aliphatic heterocycles. The van der Waals surface area contributed by atoms with Crippen molar-refractivity contribution in [1.82, 2.24) is 5.43 Å². The molecule has 0 aromatic heterocycles. The van der Waals surface area contributed by atoms with Crippen molar-refractivity contribution in [1.29, 1.82) is 0 Å². The molecule has 3 nitrogen and oxygen atoms in total. The average Bonchev–Trinajstić information content (AvgIpc) is 2.61. The van der Waals surface area contributed by atoms with Crippen LogP contribution in [-0.4, -0.2) is 0 Å². The Bertz CT molecular complexity index is 800. The molecule has 3 aromatic carbocycles. The fraction of sp³-hybridized carbons (Fsp3) is 0.143. The molecular formula is C21H22N2O. The van der Waals surface area contributed by atoms with Crippen molar-refractivity contribution in [2.24, 2.45) is 0 Å². The number of nitrogens with one attached hydrogen (secondary N) is 2. The molecule has 122 valence electrons. The van der Waals surface area contributed by atoms with Crippen molar-refractivity contribution in [3.63, 3.8) is 0 Å². The normalized spacial score (nSPS) is 10.4. The van der Waals surface area contributed by atoms with E-state index >= 15 is 0 Å². The van der Waals surface area contributed by atoms with Crippen molar-refractivity contribution in [2.75, 3.05) is 5.43 Å². The first-order valence-corrected chi connectivity index (χ1v) is 8.09. The van der Waals surface area contributed by atoms with Gasteiger partial charge in [0.15, 0.2) is 0 Å². The van der Waals surface area contributed by atoms with Crippen LogP contribution in [0.25, 0.3) is 0 Å². The van der Waals surface area contributed by atoms with Crippen molar-refractivity contribution in [2.45, 2.75) is 20.4 Å². The molecule has 0 aliphatic rings. The van der Waals surface area contributed by atoms with Gasteiger partial charge in [0.05, 0.1) is 0 Å². The maximum Gasteiger partial charge on any atom is 0.131 e. The molecular weight excluding hydrogens is 296 g/mol. The minimum Gasteiger partial charge on any atom is -0.457 e. The summed E-state index contributed by atoms with van der Waals surface area (Å²) in [6.07, 6.45) is 0. The Morgan fingerprint density at radius 1 is 0.792 bits per heavy atom. The van der Waals surface area contributed by atoms with Crippen LogP contribution in [0.1, 0.15) is 16.7 Å². The Labute approximate surface area is 143 Å². The number of hydrogen-bond donors (Lipinski definition) is 2. The maximum atomic E-state index is 6.08. The Hall–Kier alpha value is -2.78. The summed E-state index contributed by atoms with van der Waals surface area (Å²) in [4.78, 5) is 0. The van der Waals surface area contributed by atoms with E-state index in [9.17, 15) is 0 Å². The van der Waals surface area contributed by atoms with Gasteiger partial charge in [-0.2, -0.15) is 0 Å². The summed E-state index contributed by atoms with van der Waals surface area (Å²) >= 11 is 0. The van der Waals surface area contributed by atoms with E-state index in [1.807, 2.05) is 54.6 Å². The van der Waals surface area contributed by atoms with Gasteiger partial charge in [-0.25, -0.2) is 5.43 Å². The smallest absolute Gasteiger partial charge is 0.131 e. The average molecular weight is 318 g/mol. The van der Waals surface area contributed by atoms with E-state index < -0.39 is 0 Å². The number of rotatable bonds is 6. The first-order chi connectivity index (χ1) is 11.7. The minimum absolute atomic E-state index is 0.663. The van der Waals surface area contributed by atoms with Crippen LogP contribution in [0.3, 0.4) is 0 Å². The molecule has 0 atom stereocenters. The largest absolute Gasteiger partial charge is 0.457 e. The summed E-state index contributed by atoms with van der Waals surface area (Å²) in [6.45, 7) is 4.86. The summed E-state index contributed by atoms with van der Waals surface area (Å²) in [6, 6.07) is 24.3. The van der Waals surface area contributed by atoms with E-state index in [-0.39, 0.29) is 0 Å². The van der Waals surface area contributed by atoms with Gasteiger partial charge in [-0.1, -0.05) is 42.5 Å². The topological polar surface area (TPSA) is 33.3 Å². The highest BCUT2D eigenvalue weighted by Crippen LogP contribution is 2.26. The van der Waals surface area contributed by atoms with Gasteiger partial charge >= 0.3 is 0 Å². The molecule has 0 unspecified atom stereocenters. The zero-order valence-electron chi connectivity index (χ0n) is 14.0. The van der Waals surface area contributed by atoms with Crippen molar-refractivity contribution >= 4 is 5.69 Å². The van der Waals surface area contributed by atoms with E-state index in [0.29, 0.717) is 6.54 Å². The highest BCUT2D eigenvalue weighted by Gasteiger charge is 2.05. The summed E-state index contributed by atoms with van der Waals surface area (Å²) < 4.78 is 6.08. The highest BCUT2D eigenvalue weighted by atomic mass is 16.5. The number of aryl methyl sites for hydroxylation is 2. The van der Waals surface area contributed by atoms with Crippen molar-refractivity contribution in [3.05, 3.63) is 89.5 Å².